The summed E-state index contributed by atoms with van der Waals surface area (Å²) in [5.41, 5.74) is 6.08. The molecule has 0 saturated heterocycles. The zero-order valence-electron chi connectivity index (χ0n) is 27.6. The zero-order valence-corrected chi connectivity index (χ0v) is 30.8. The topological polar surface area (TPSA) is 154 Å². The van der Waals surface area contributed by atoms with Crippen LogP contribution < -0.4 is 9.47 Å². The lowest BCUT2D eigenvalue weighted by Gasteiger charge is -2.06. The fourth-order valence-corrected chi connectivity index (χ4v) is 6.23. The van der Waals surface area contributed by atoms with E-state index >= 15 is 0 Å². The molecule has 0 spiro atoms. The number of hydrogen-bond acceptors (Lipinski definition) is 10. The Labute approximate surface area is 313 Å². The van der Waals surface area contributed by atoms with Crippen molar-refractivity contribution < 1.29 is 18.3 Å². The molecule has 0 radical (unpaired) electrons. The van der Waals surface area contributed by atoms with Gasteiger partial charge in [-0.15, -0.1) is 0 Å². The van der Waals surface area contributed by atoms with Crippen LogP contribution in [0.4, 0.5) is 0 Å². The number of hydrogen-bond donors (Lipinski definition) is 0. The minimum atomic E-state index is 0.225. The molecule has 0 N–H and O–H groups in total. The smallest absolute Gasteiger partial charge is 0.229 e. The van der Waals surface area contributed by atoms with Crippen LogP contribution in [0.15, 0.2) is 115 Å². The molecule has 52 heavy (non-hydrogen) atoms. The summed E-state index contributed by atoms with van der Waals surface area (Å²) < 4.78 is 26.0. The number of nitriles is 2. The first kappa shape index (κ1) is 34.2. The van der Waals surface area contributed by atoms with E-state index in [1.807, 2.05) is 113 Å². The van der Waals surface area contributed by atoms with Crippen LogP contribution in [-0.4, -0.2) is 43.7 Å². The van der Waals surface area contributed by atoms with Gasteiger partial charge in [0.2, 0.25) is 21.1 Å². The van der Waals surface area contributed by atoms with E-state index in [-0.39, 0.29) is 11.4 Å². The van der Waals surface area contributed by atoms with Gasteiger partial charge in [0.25, 0.3) is 0 Å². The summed E-state index contributed by atoms with van der Waals surface area (Å²) in [6.07, 6.45) is 3.75. The minimum absolute atomic E-state index is 0.225. The SMILES string of the molecule is COc1ccc(Cn2cc3c(-c4nc(C#N)c(Br)o4)cccc3n2)cc1.COc1ccc(Cn2ncc3c(-c4nc(C#N)c(Br)o4)cccc32)cc1. The number of aromatic nitrogens is 6. The molecule has 8 rings (SSSR count). The number of oxazole rings is 2. The van der Waals surface area contributed by atoms with Crippen molar-refractivity contribution in [2.24, 2.45) is 0 Å². The van der Waals surface area contributed by atoms with Crippen LogP contribution in [0.5, 0.6) is 11.5 Å². The second kappa shape index (κ2) is 14.9. The molecule has 256 valence electrons. The van der Waals surface area contributed by atoms with Crippen LogP contribution in [-0.2, 0) is 13.1 Å². The molecule has 0 atom stereocenters. The van der Waals surface area contributed by atoms with E-state index in [9.17, 15) is 0 Å². The number of benzene rings is 4. The fraction of sp³-hybridized carbons (Fsp3) is 0.105. The van der Waals surface area contributed by atoms with Gasteiger partial charge in [0.1, 0.15) is 23.6 Å². The highest BCUT2D eigenvalue weighted by atomic mass is 79.9. The van der Waals surface area contributed by atoms with Gasteiger partial charge in [0.05, 0.1) is 44.5 Å². The largest absolute Gasteiger partial charge is 0.497 e. The first-order valence-corrected chi connectivity index (χ1v) is 17.3. The summed E-state index contributed by atoms with van der Waals surface area (Å²) in [4.78, 5) is 8.47. The second-order valence-electron chi connectivity index (χ2n) is 11.3. The van der Waals surface area contributed by atoms with E-state index in [0.29, 0.717) is 34.2 Å². The predicted molar refractivity (Wildman–Crippen MR) is 199 cm³/mol. The third-order valence-electron chi connectivity index (χ3n) is 8.12. The Morgan fingerprint density at radius 1 is 0.692 bits per heavy atom. The van der Waals surface area contributed by atoms with E-state index in [4.69, 9.17) is 28.8 Å². The van der Waals surface area contributed by atoms with Crippen LogP contribution >= 0.6 is 31.9 Å². The Morgan fingerprint density at radius 3 is 1.77 bits per heavy atom. The summed E-state index contributed by atoms with van der Waals surface area (Å²) in [6, 6.07) is 31.3. The normalized spacial score (nSPS) is 10.8. The second-order valence-corrected chi connectivity index (χ2v) is 12.7. The summed E-state index contributed by atoms with van der Waals surface area (Å²) in [5, 5.41) is 29.1. The highest BCUT2D eigenvalue weighted by molar-refractivity contribution is 9.10. The third kappa shape index (κ3) is 7.03. The highest BCUT2D eigenvalue weighted by Gasteiger charge is 2.18. The van der Waals surface area contributed by atoms with E-state index in [0.717, 1.165) is 55.6 Å². The monoisotopic (exact) mass is 816 g/mol. The molecule has 0 amide bonds. The van der Waals surface area contributed by atoms with Gasteiger partial charge in [-0.25, -0.2) is 0 Å². The van der Waals surface area contributed by atoms with E-state index in [2.05, 4.69) is 52.0 Å². The van der Waals surface area contributed by atoms with Crippen LogP contribution in [0.3, 0.4) is 0 Å². The Bertz CT molecular complexity index is 2540. The number of ether oxygens (including phenoxy) is 2. The van der Waals surface area contributed by atoms with E-state index in [1.54, 1.807) is 20.4 Å². The summed E-state index contributed by atoms with van der Waals surface area (Å²) in [5.74, 6) is 2.43. The molecule has 0 aliphatic heterocycles. The van der Waals surface area contributed by atoms with Gasteiger partial charge < -0.3 is 18.3 Å². The van der Waals surface area contributed by atoms with E-state index in [1.165, 1.54) is 0 Å². The zero-order chi connectivity index (χ0) is 36.2. The van der Waals surface area contributed by atoms with Crippen molar-refractivity contribution >= 4 is 53.7 Å². The molecule has 12 nitrogen and oxygen atoms in total. The predicted octanol–water partition coefficient (Wildman–Crippen LogP) is 8.76. The quantitative estimate of drug-likeness (QED) is 0.145. The lowest BCUT2D eigenvalue weighted by molar-refractivity contribution is 0.414. The molecule has 0 fully saturated rings. The van der Waals surface area contributed by atoms with Gasteiger partial charge in [-0.2, -0.15) is 30.7 Å². The number of fused-ring (bicyclic) bond motifs is 2. The molecule has 0 aliphatic rings. The fourth-order valence-electron chi connectivity index (χ4n) is 5.57. The molecular weight excluding hydrogens is 792 g/mol. The number of rotatable bonds is 8. The highest BCUT2D eigenvalue weighted by Crippen LogP contribution is 2.33. The maximum atomic E-state index is 9.07. The van der Waals surface area contributed by atoms with Crippen molar-refractivity contribution in [2.45, 2.75) is 13.1 Å². The molecule has 8 aromatic rings. The molecular formula is C38H26Br2N8O4. The average Bonchev–Trinajstić information content (AvgIpc) is 3.97. The Hall–Kier alpha value is -6.22. The summed E-state index contributed by atoms with van der Waals surface area (Å²) in [6.45, 7) is 1.27. The van der Waals surface area contributed by atoms with Crippen LogP contribution in [0.2, 0.25) is 0 Å². The Kier molecular flexibility index (Phi) is 9.84. The van der Waals surface area contributed by atoms with E-state index < -0.39 is 0 Å². The van der Waals surface area contributed by atoms with Crippen molar-refractivity contribution in [1.82, 2.24) is 29.5 Å². The lowest BCUT2D eigenvalue weighted by Crippen LogP contribution is -2.01. The van der Waals surface area contributed by atoms with Gasteiger partial charge in [0.15, 0.2) is 11.4 Å². The Balaban J connectivity index is 0.000000162. The van der Waals surface area contributed by atoms with Gasteiger partial charge in [-0.3, -0.25) is 9.36 Å². The number of nitrogens with zero attached hydrogens (tertiary/aromatic N) is 8. The number of methoxy groups -OCH3 is 2. The van der Waals surface area contributed by atoms with Crippen molar-refractivity contribution in [3.63, 3.8) is 0 Å². The van der Waals surface area contributed by atoms with Crippen LogP contribution in [0.25, 0.3) is 44.7 Å². The lowest BCUT2D eigenvalue weighted by atomic mass is 10.1. The molecule has 4 aromatic heterocycles. The van der Waals surface area contributed by atoms with Gasteiger partial charge in [-0.05, 0) is 91.5 Å². The molecule has 0 bridgehead atoms. The molecule has 4 heterocycles. The summed E-state index contributed by atoms with van der Waals surface area (Å²) in [7, 11) is 3.30. The molecule has 4 aromatic carbocycles. The van der Waals surface area contributed by atoms with Crippen molar-refractivity contribution in [2.75, 3.05) is 14.2 Å². The third-order valence-corrected chi connectivity index (χ3v) is 9.20. The minimum Gasteiger partial charge on any atom is -0.497 e. The molecule has 0 saturated carbocycles. The Morgan fingerprint density at radius 2 is 1.23 bits per heavy atom. The average molecular weight is 818 g/mol. The number of halogens is 2. The molecule has 0 unspecified atom stereocenters. The van der Waals surface area contributed by atoms with Crippen molar-refractivity contribution in [3.8, 4) is 46.5 Å². The summed E-state index contributed by atoms with van der Waals surface area (Å²) >= 11 is 6.43. The van der Waals surface area contributed by atoms with Gasteiger partial charge in [0, 0.05) is 28.1 Å². The maximum Gasteiger partial charge on any atom is 0.229 e. The van der Waals surface area contributed by atoms with Crippen molar-refractivity contribution in [1.29, 1.82) is 10.5 Å². The van der Waals surface area contributed by atoms with Crippen LogP contribution in [0, 0.1) is 22.7 Å². The van der Waals surface area contributed by atoms with Crippen molar-refractivity contribution in [3.05, 3.63) is 129 Å². The van der Waals surface area contributed by atoms with Gasteiger partial charge >= 0.3 is 0 Å². The standard InChI is InChI=1S/2C19H13BrN4O2/c1-25-13-7-5-12(6-8-13)11-24-17-4-2-3-14(15(17)10-22-24)19-23-16(9-21)18(20)26-19;1-25-13-7-5-12(6-8-13)10-24-11-15-14(3-2-4-16(15)23-24)19-22-17(9-21)18(20)26-19/h2-8,10H,11H2,1H3;2-8,11H,10H2,1H3. The first-order valence-electron chi connectivity index (χ1n) is 15.7. The van der Waals surface area contributed by atoms with Gasteiger partial charge in [-0.1, -0.05) is 36.4 Å². The molecule has 14 heteroatoms. The van der Waals surface area contributed by atoms with Crippen LogP contribution in [0.1, 0.15) is 22.5 Å². The molecule has 0 aliphatic carbocycles. The first-order chi connectivity index (χ1) is 25.4. The maximum absolute atomic E-state index is 9.07.